The molecule has 0 aliphatic carbocycles. The Kier molecular flexibility index (Phi) is 8.09. The van der Waals surface area contributed by atoms with Gasteiger partial charge in [-0.15, -0.1) is 0 Å². The fourth-order valence-electron chi connectivity index (χ4n) is 3.97. The molecular weight excluding hydrogens is 412 g/mol. The van der Waals surface area contributed by atoms with Crippen LogP contribution in [0.5, 0.6) is 5.75 Å². The predicted molar refractivity (Wildman–Crippen MR) is 121 cm³/mol. The molecule has 1 amide bonds. The summed E-state index contributed by atoms with van der Waals surface area (Å²) >= 11 is 0. The van der Waals surface area contributed by atoms with Crippen LogP contribution in [0.1, 0.15) is 38.7 Å². The van der Waals surface area contributed by atoms with E-state index >= 15 is 0 Å². The average Bonchev–Trinajstić information content (AvgIpc) is 2.80. The summed E-state index contributed by atoms with van der Waals surface area (Å²) in [6.07, 6.45) is 1.98. The van der Waals surface area contributed by atoms with E-state index in [1.807, 2.05) is 42.2 Å². The van der Waals surface area contributed by atoms with Gasteiger partial charge in [0.2, 0.25) is 15.9 Å². The summed E-state index contributed by atoms with van der Waals surface area (Å²) in [6.45, 7) is 6.51. The summed E-state index contributed by atoms with van der Waals surface area (Å²) in [5.41, 5.74) is 1.11. The molecule has 0 bridgehead atoms. The third-order valence-corrected chi connectivity index (χ3v) is 7.51. The number of piperidine rings is 1. The van der Waals surface area contributed by atoms with Crippen molar-refractivity contribution in [2.24, 2.45) is 5.92 Å². The van der Waals surface area contributed by atoms with E-state index < -0.39 is 10.0 Å². The summed E-state index contributed by atoms with van der Waals surface area (Å²) in [7, 11) is -3.57. The quantitative estimate of drug-likeness (QED) is 0.588. The molecule has 0 saturated carbocycles. The first kappa shape index (κ1) is 23.3. The topological polar surface area (TPSA) is 66.9 Å². The van der Waals surface area contributed by atoms with Gasteiger partial charge < -0.3 is 9.64 Å². The molecule has 2 aromatic carbocycles. The number of sulfonamides is 1. The maximum absolute atomic E-state index is 13.2. The SMILES string of the molecule is CCCN(Cc1ccccc1)C(=O)C1CCN(S(=O)(=O)c2ccc(OCC)cc2)CC1. The van der Waals surface area contributed by atoms with E-state index in [1.165, 1.54) is 4.31 Å². The van der Waals surface area contributed by atoms with Crippen LogP contribution in [0.25, 0.3) is 0 Å². The summed E-state index contributed by atoms with van der Waals surface area (Å²) < 4.78 is 32.9. The van der Waals surface area contributed by atoms with Gasteiger partial charge in [-0.25, -0.2) is 8.42 Å². The van der Waals surface area contributed by atoms with Crippen molar-refractivity contribution < 1.29 is 17.9 Å². The van der Waals surface area contributed by atoms with Gasteiger partial charge in [0.1, 0.15) is 5.75 Å². The molecule has 0 N–H and O–H groups in total. The molecule has 1 aliphatic rings. The second-order valence-corrected chi connectivity index (χ2v) is 9.77. The number of benzene rings is 2. The van der Waals surface area contributed by atoms with Crippen LogP contribution in [-0.4, -0.2) is 49.8 Å². The van der Waals surface area contributed by atoms with Crippen molar-refractivity contribution in [2.45, 2.75) is 44.6 Å². The van der Waals surface area contributed by atoms with Crippen LogP contribution in [0.15, 0.2) is 59.5 Å². The Morgan fingerprint density at radius 3 is 2.26 bits per heavy atom. The molecule has 6 nitrogen and oxygen atoms in total. The zero-order valence-electron chi connectivity index (χ0n) is 18.4. The van der Waals surface area contributed by atoms with Crippen molar-refractivity contribution in [2.75, 3.05) is 26.2 Å². The Morgan fingerprint density at radius 1 is 1.03 bits per heavy atom. The minimum Gasteiger partial charge on any atom is -0.494 e. The van der Waals surface area contributed by atoms with Gasteiger partial charge in [0, 0.05) is 32.1 Å². The van der Waals surface area contributed by atoms with Crippen molar-refractivity contribution in [3.05, 3.63) is 60.2 Å². The van der Waals surface area contributed by atoms with Crippen molar-refractivity contribution >= 4 is 15.9 Å². The highest BCUT2D eigenvalue weighted by atomic mass is 32.2. The van der Waals surface area contributed by atoms with Crippen LogP contribution in [0.3, 0.4) is 0 Å². The number of carbonyl (C=O) groups is 1. The first-order chi connectivity index (χ1) is 15.0. The number of nitrogens with zero attached hydrogens (tertiary/aromatic N) is 2. The van der Waals surface area contributed by atoms with E-state index in [4.69, 9.17) is 4.74 Å². The van der Waals surface area contributed by atoms with Crippen LogP contribution in [0, 0.1) is 5.92 Å². The first-order valence-corrected chi connectivity index (χ1v) is 12.5. The summed E-state index contributed by atoms with van der Waals surface area (Å²) in [6, 6.07) is 16.5. The van der Waals surface area contributed by atoms with E-state index in [0.29, 0.717) is 51.4 Å². The molecule has 0 atom stereocenters. The van der Waals surface area contributed by atoms with Crippen molar-refractivity contribution in [1.82, 2.24) is 9.21 Å². The highest BCUT2D eigenvalue weighted by Crippen LogP contribution is 2.26. The van der Waals surface area contributed by atoms with Gasteiger partial charge in [-0.05, 0) is 56.0 Å². The van der Waals surface area contributed by atoms with Crippen LogP contribution in [0.4, 0.5) is 0 Å². The number of hydrogen-bond acceptors (Lipinski definition) is 4. The molecule has 1 saturated heterocycles. The zero-order valence-corrected chi connectivity index (χ0v) is 19.2. The molecule has 1 fully saturated rings. The van der Waals surface area contributed by atoms with Crippen LogP contribution >= 0.6 is 0 Å². The normalized spacial score (nSPS) is 15.5. The zero-order chi connectivity index (χ0) is 22.3. The molecule has 0 aromatic heterocycles. The molecule has 1 heterocycles. The molecule has 2 aromatic rings. The third-order valence-electron chi connectivity index (χ3n) is 5.60. The summed E-state index contributed by atoms with van der Waals surface area (Å²) in [5.74, 6) is 0.644. The lowest BCUT2D eigenvalue weighted by molar-refractivity contribution is -0.137. The van der Waals surface area contributed by atoms with Crippen molar-refractivity contribution in [1.29, 1.82) is 0 Å². The summed E-state index contributed by atoms with van der Waals surface area (Å²) in [4.78, 5) is 15.3. The highest BCUT2D eigenvalue weighted by molar-refractivity contribution is 7.89. The molecule has 1 aliphatic heterocycles. The van der Waals surface area contributed by atoms with E-state index in [0.717, 1.165) is 12.0 Å². The van der Waals surface area contributed by atoms with Gasteiger partial charge in [0.25, 0.3) is 0 Å². The molecule has 0 spiro atoms. The van der Waals surface area contributed by atoms with Crippen molar-refractivity contribution in [3.63, 3.8) is 0 Å². The minimum atomic E-state index is -3.57. The van der Waals surface area contributed by atoms with E-state index in [-0.39, 0.29) is 16.7 Å². The van der Waals surface area contributed by atoms with E-state index in [1.54, 1.807) is 24.3 Å². The Labute approximate surface area is 185 Å². The molecular formula is C24H32N2O4S. The van der Waals surface area contributed by atoms with Gasteiger partial charge in [0.05, 0.1) is 11.5 Å². The molecule has 0 unspecified atom stereocenters. The van der Waals surface area contributed by atoms with Gasteiger partial charge in [-0.1, -0.05) is 37.3 Å². The number of carbonyl (C=O) groups excluding carboxylic acids is 1. The number of amides is 1. The third kappa shape index (κ3) is 5.86. The van der Waals surface area contributed by atoms with Crippen LogP contribution in [0.2, 0.25) is 0 Å². The monoisotopic (exact) mass is 444 g/mol. The lowest BCUT2D eigenvalue weighted by Crippen LogP contribution is -2.44. The van der Waals surface area contributed by atoms with Gasteiger partial charge >= 0.3 is 0 Å². The highest BCUT2D eigenvalue weighted by Gasteiger charge is 2.33. The fourth-order valence-corrected chi connectivity index (χ4v) is 5.44. The van der Waals surface area contributed by atoms with Gasteiger partial charge in [0.15, 0.2) is 0 Å². The molecule has 0 radical (unpaired) electrons. The maximum Gasteiger partial charge on any atom is 0.243 e. The second kappa shape index (κ2) is 10.8. The summed E-state index contributed by atoms with van der Waals surface area (Å²) in [5, 5.41) is 0. The fraction of sp³-hybridized carbons (Fsp3) is 0.458. The number of rotatable bonds is 9. The lowest BCUT2D eigenvalue weighted by Gasteiger charge is -2.33. The lowest BCUT2D eigenvalue weighted by atomic mass is 9.96. The standard InChI is InChI=1S/C24H32N2O4S/c1-3-16-25(19-20-8-6-5-7-9-20)24(27)21-14-17-26(18-15-21)31(28,29)23-12-10-22(11-13-23)30-4-2/h5-13,21H,3-4,14-19H2,1-2H3. The Bertz CT molecular complexity index is 937. The maximum atomic E-state index is 13.2. The number of ether oxygens (including phenoxy) is 1. The second-order valence-electron chi connectivity index (χ2n) is 7.83. The minimum absolute atomic E-state index is 0.129. The van der Waals surface area contributed by atoms with Crippen LogP contribution in [-0.2, 0) is 21.4 Å². The van der Waals surface area contributed by atoms with E-state index in [2.05, 4.69) is 6.92 Å². The average molecular weight is 445 g/mol. The van der Waals surface area contributed by atoms with Gasteiger partial charge in [-0.3, -0.25) is 4.79 Å². The first-order valence-electron chi connectivity index (χ1n) is 11.0. The van der Waals surface area contributed by atoms with E-state index in [9.17, 15) is 13.2 Å². The molecule has 168 valence electrons. The molecule has 31 heavy (non-hydrogen) atoms. The largest absolute Gasteiger partial charge is 0.494 e. The Hall–Kier alpha value is -2.38. The molecule has 3 rings (SSSR count). The smallest absolute Gasteiger partial charge is 0.243 e. The Morgan fingerprint density at radius 2 is 1.68 bits per heavy atom. The van der Waals surface area contributed by atoms with Crippen molar-refractivity contribution in [3.8, 4) is 5.75 Å². The Balaban J connectivity index is 1.62. The number of hydrogen-bond donors (Lipinski definition) is 0. The molecule has 7 heteroatoms. The van der Waals surface area contributed by atoms with Gasteiger partial charge in [-0.2, -0.15) is 4.31 Å². The predicted octanol–water partition coefficient (Wildman–Crippen LogP) is 3.92. The van der Waals surface area contributed by atoms with Crippen LogP contribution < -0.4 is 4.74 Å².